The van der Waals surface area contributed by atoms with Gasteiger partial charge in [0.1, 0.15) is 0 Å². The van der Waals surface area contributed by atoms with Crippen molar-refractivity contribution in [1.29, 1.82) is 0 Å². The molecule has 0 bridgehead atoms. The first-order valence-electron chi connectivity index (χ1n) is 6.42. The van der Waals surface area contributed by atoms with E-state index in [-0.39, 0.29) is 11.5 Å². The summed E-state index contributed by atoms with van der Waals surface area (Å²) in [4.78, 5) is 0. The fourth-order valence-corrected chi connectivity index (χ4v) is 3.56. The molecule has 102 valence electrons. The summed E-state index contributed by atoms with van der Waals surface area (Å²) in [5.74, 6) is 0. The average molecular weight is 293 g/mol. The lowest BCUT2D eigenvalue weighted by molar-refractivity contribution is 0.196. The predicted octanol–water partition coefficient (Wildman–Crippen LogP) is 5.05. The van der Waals surface area contributed by atoms with Crippen LogP contribution in [0.4, 0.5) is 0 Å². The molecule has 0 heterocycles. The third-order valence-electron chi connectivity index (χ3n) is 2.86. The summed E-state index contributed by atoms with van der Waals surface area (Å²) >= 11 is 6.23. The molecule has 0 saturated carbocycles. The molecule has 0 amide bonds. The van der Waals surface area contributed by atoms with Crippen LogP contribution in [0.15, 0.2) is 11.3 Å². The van der Waals surface area contributed by atoms with Crippen molar-refractivity contribution in [2.24, 2.45) is 0 Å². The smallest absolute Gasteiger partial charge is 0.184 e. The van der Waals surface area contributed by atoms with E-state index in [4.69, 9.17) is 16.0 Å². The highest BCUT2D eigenvalue weighted by Gasteiger charge is 2.24. The third kappa shape index (κ3) is 8.19. The Hall–Kier alpha value is 0.424. The molecule has 0 aliphatic heterocycles. The van der Waals surface area contributed by atoms with E-state index in [2.05, 4.69) is 52.3 Å². The highest BCUT2D eigenvalue weighted by Crippen LogP contribution is 2.20. The largest absolute Gasteiger partial charge is 0.413 e. The first-order valence-corrected chi connectivity index (χ1v) is 13.8. The lowest BCUT2D eigenvalue weighted by Gasteiger charge is -2.28. The minimum absolute atomic E-state index is 0.0763. The lowest BCUT2D eigenvalue weighted by atomic mass is 10.2. The second-order valence-corrected chi connectivity index (χ2v) is 17.3. The molecular formula is C13H29ClOSi2. The predicted molar refractivity (Wildman–Crippen MR) is 85.3 cm³/mol. The van der Waals surface area contributed by atoms with Crippen molar-refractivity contribution in [3.63, 3.8) is 0 Å². The summed E-state index contributed by atoms with van der Waals surface area (Å²) in [6, 6.07) is 0. The van der Waals surface area contributed by atoms with Crippen molar-refractivity contribution < 1.29 is 4.43 Å². The Labute approximate surface area is 115 Å². The summed E-state index contributed by atoms with van der Waals surface area (Å²) in [5.41, 5.74) is 0. The van der Waals surface area contributed by atoms with Crippen molar-refractivity contribution in [2.75, 3.05) is 0 Å². The molecule has 1 nitrogen and oxygen atoms in total. The monoisotopic (exact) mass is 292 g/mol. The zero-order chi connectivity index (χ0) is 13.9. The molecule has 0 aliphatic carbocycles. The van der Waals surface area contributed by atoms with Gasteiger partial charge in [0.25, 0.3) is 0 Å². The van der Waals surface area contributed by atoms with Crippen LogP contribution < -0.4 is 0 Å². The van der Waals surface area contributed by atoms with Crippen LogP contribution in [0.1, 0.15) is 20.3 Å². The SMILES string of the molecule is C/C(=C/C[C@@H](O[Si](C)(C)C)C(C)Cl)[Si](C)(C)C. The van der Waals surface area contributed by atoms with Crippen LogP contribution in [0.5, 0.6) is 0 Å². The summed E-state index contributed by atoms with van der Waals surface area (Å²) in [6.45, 7) is 18.0. The Kier molecular flexibility index (Phi) is 6.71. The second kappa shape index (κ2) is 6.55. The van der Waals surface area contributed by atoms with Crippen LogP contribution in [0, 0.1) is 0 Å². The van der Waals surface area contributed by atoms with Gasteiger partial charge in [-0.3, -0.25) is 0 Å². The average Bonchev–Trinajstić information content (AvgIpc) is 2.07. The van der Waals surface area contributed by atoms with Gasteiger partial charge < -0.3 is 4.43 Å². The van der Waals surface area contributed by atoms with Gasteiger partial charge in [-0.15, -0.1) is 11.6 Å². The van der Waals surface area contributed by atoms with Gasteiger partial charge >= 0.3 is 0 Å². The Bertz CT molecular complexity index is 262. The zero-order valence-electron chi connectivity index (χ0n) is 12.7. The molecule has 0 aliphatic rings. The number of hydrogen-bond acceptors (Lipinski definition) is 1. The molecule has 0 aromatic rings. The first-order chi connectivity index (χ1) is 7.43. The van der Waals surface area contributed by atoms with E-state index in [1.165, 1.54) is 0 Å². The van der Waals surface area contributed by atoms with Gasteiger partial charge in [0.05, 0.1) is 19.6 Å². The molecule has 0 fully saturated rings. The molecule has 17 heavy (non-hydrogen) atoms. The van der Waals surface area contributed by atoms with E-state index in [9.17, 15) is 0 Å². The van der Waals surface area contributed by atoms with Gasteiger partial charge in [0, 0.05) is 0 Å². The first kappa shape index (κ1) is 17.4. The molecule has 0 aromatic carbocycles. The van der Waals surface area contributed by atoms with E-state index in [1.54, 1.807) is 5.20 Å². The summed E-state index contributed by atoms with van der Waals surface area (Å²) in [7, 11) is -2.65. The molecule has 0 N–H and O–H groups in total. The van der Waals surface area contributed by atoms with Gasteiger partial charge in [-0.05, 0) is 39.9 Å². The molecule has 0 radical (unpaired) electrons. The standard InChI is InChI=1S/C13H29ClOSi2/c1-11(16(3,4)5)9-10-13(12(2)14)15-17(6,7)8/h9,12-13H,10H2,1-8H3/b11-9-/t12?,13-/m1/s1. The number of alkyl halides is 1. The van der Waals surface area contributed by atoms with E-state index >= 15 is 0 Å². The van der Waals surface area contributed by atoms with Gasteiger partial charge in [-0.1, -0.05) is 30.9 Å². The van der Waals surface area contributed by atoms with Crippen LogP contribution >= 0.6 is 11.6 Å². The van der Waals surface area contributed by atoms with E-state index < -0.39 is 16.4 Å². The molecule has 1 unspecified atom stereocenters. The fourth-order valence-electron chi connectivity index (χ4n) is 1.38. The molecule has 2 atom stereocenters. The van der Waals surface area contributed by atoms with Gasteiger partial charge in [0.15, 0.2) is 8.32 Å². The van der Waals surface area contributed by atoms with Gasteiger partial charge in [0.2, 0.25) is 0 Å². The summed E-state index contributed by atoms with van der Waals surface area (Å²) in [5, 5.41) is 1.62. The maximum Gasteiger partial charge on any atom is 0.184 e. The van der Waals surface area contributed by atoms with Crippen LogP contribution in [0.2, 0.25) is 39.3 Å². The minimum atomic E-state index is -1.50. The second-order valence-electron chi connectivity index (χ2n) is 6.82. The Morgan fingerprint density at radius 3 is 1.94 bits per heavy atom. The number of allylic oxidation sites excluding steroid dienone is 1. The molecule has 0 aromatic heterocycles. The summed E-state index contributed by atoms with van der Waals surface area (Å²) in [6.07, 6.45) is 3.45. The van der Waals surface area contributed by atoms with Crippen molar-refractivity contribution in [3.8, 4) is 0 Å². The van der Waals surface area contributed by atoms with Gasteiger partial charge in [-0.2, -0.15) is 0 Å². The lowest BCUT2D eigenvalue weighted by Crippen LogP contribution is -2.36. The van der Waals surface area contributed by atoms with Crippen molar-refractivity contribution >= 4 is 28.0 Å². The summed E-state index contributed by atoms with van der Waals surface area (Å²) < 4.78 is 6.14. The van der Waals surface area contributed by atoms with Crippen molar-refractivity contribution in [3.05, 3.63) is 11.3 Å². The number of halogens is 1. The Morgan fingerprint density at radius 1 is 1.18 bits per heavy atom. The molecule has 0 saturated heterocycles. The minimum Gasteiger partial charge on any atom is -0.413 e. The van der Waals surface area contributed by atoms with Crippen LogP contribution in [-0.4, -0.2) is 27.9 Å². The topological polar surface area (TPSA) is 9.23 Å². The normalized spacial score (nSPS) is 18.1. The van der Waals surface area contributed by atoms with Gasteiger partial charge in [-0.25, -0.2) is 0 Å². The molecule has 0 rings (SSSR count). The molecule has 0 spiro atoms. The quantitative estimate of drug-likeness (QED) is 0.492. The Morgan fingerprint density at radius 2 is 1.65 bits per heavy atom. The number of hydrogen-bond donors (Lipinski definition) is 0. The van der Waals surface area contributed by atoms with E-state index in [0.717, 1.165) is 6.42 Å². The van der Waals surface area contributed by atoms with E-state index in [1.807, 2.05) is 6.92 Å². The fraction of sp³-hybridized carbons (Fsp3) is 0.846. The van der Waals surface area contributed by atoms with E-state index in [0.29, 0.717) is 0 Å². The van der Waals surface area contributed by atoms with Crippen molar-refractivity contribution in [1.82, 2.24) is 0 Å². The van der Waals surface area contributed by atoms with Crippen LogP contribution in [0.25, 0.3) is 0 Å². The third-order valence-corrected chi connectivity index (χ3v) is 6.72. The maximum atomic E-state index is 6.23. The highest BCUT2D eigenvalue weighted by molar-refractivity contribution is 6.82. The maximum absolute atomic E-state index is 6.23. The molecular weight excluding hydrogens is 264 g/mol. The highest BCUT2D eigenvalue weighted by atomic mass is 35.5. The Balaban J connectivity index is 4.59. The number of rotatable bonds is 6. The molecule has 4 heteroatoms. The zero-order valence-corrected chi connectivity index (χ0v) is 15.5. The van der Waals surface area contributed by atoms with Crippen LogP contribution in [0.3, 0.4) is 0 Å². The van der Waals surface area contributed by atoms with Crippen LogP contribution in [-0.2, 0) is 4.43 Å². The van der Waals surface area contributed by atoms with Crippen molar-refractivity contribution in [2.45, 2.75) is 71.0 Å².